The molecule has 8 nitrogen and oxygen atoms in total. The average molecular weight is 618 g/mol. The molecule has 4 radical (unpaired) electrons. The van der Waals surface area contributed by atoms with Crippen LogP contribution >= 0.6 is 0 Å². The summed E-state index contributed by atoms with van der Waals surface area (Å²) in [6.45, 7) is 15.4. The molecule has 2 atom stereocenters. The molecule has 4 heterocycles. The second-order valence-electron chi connectivity index (χ2n) is 12.1. The molecule has 1 saturated heterocycles. The highest BCUT2D eigenvalue weighted by Crippen LogP contribution is 2.37. The largest absolute Gasteiger partial charge is 0.355 e. The van der Waals surface area contributed by atoms with Crippen LogP contribution in [0.5, 0.6) is 0 Å². The van der Waals surface area contributed by atoms with E-state index < -0.39 is 17.3 Å². The highest BCUT2D eigenvalue weighted by atomic mass is 19.1. The zero-order valence-electron chi connectivity index (χ0n) is 26.8. The predicted molar refractivity (Wildman–Crippen MR) is 179 cm³/mol. The zero-order valence-corrected chi connectivity index (χ0v) is 26.8. The number of carbonyl (C=O) groups excluding carboxylic acids is 1. The maximum absolute atomic E-state index is 16.4. The normalized spacial score (nSPS) is 16.6. The van der Waals surface area contributed by atoms with Gasteiger partial charge in [-0.2, -0.15) is 10.4 Å². The standard InChI is InChI=1S/C34H34B2F2N6O2/c1-8-26(45)42-15-19(5)43(20(6)16-42)33-23-14-25(38)29(27-22(21(7)31(35)36)10-9-11-24(27)37)40-32(23)44(34(46)41-33)30-18(4)12-13-39-28(30)17(2)3/h8-14,17,19-20H,1,15-16H2,2-7H3/t19-,20-/m0/s1. The third-order valence-corrected chi connectivity index (χ3v) is 8.46. The summed E-state index contributed by atoms with van der Waals surface area (Å²) in [5.74, 6) is -1.66. The van der Waals surface area contributed by atoms with Crippen molar-refractivity contribution < 1.29 is 13.6 Å². The predicted octanol–water partition coefficient (Wildman–Crippen LogP) is 5.19. The summed E-state index contributed by atoms with van der Waals surface area (Å²) in [5.41, 5.74) is 1.37. The first-order chi connectivity index (χ1) is 21.8. The van der Waals surface area contributed by atoms with Crippen LogP contribution < -0.4 is 10.6 Å². The summed E-state index contributed by atoms with van der Waals surface area (Å²) in [7, 11) is 11.7. The van der Waals surface area contributed by atoms with Gasteiger partial charge < -0.3 is 9.80 Å². The number of nitrogens with zero attached hydrogens (tertiary/aromatic N) is 6. The summed E-state index contributed by atoms with van der Waals surface area (Å²) < 4.78 is 33.3. The van der Waals surface area contributed by atoms with Crippen LogP contribution in [0, 0.1) is 18.6 Å². The lowest BCUT2D eigenvalue weighted by Gasteiger charge is -2.45. The van der Waals surface area contributed by atoms with E-state index in [4.69, 9.17) is 20.7 Å². The Morgan fingerprint density at radius 1 is 1.09 bits per heavy atom. The van der Waals surface area contributed by atoms with Gasteiger partial charge in [0.2, 0.25) is 5.91 Å². The smallest absolute Gasteiger partial charge is 0.347 e. The van der Waals surface area contributed by atoms with Crippen LogP contribution in [0.3, 0.4) is 0 Å². The summed E-state index contributed by atoms with van der Waals surface area (Å²) in [6.07, 6.45) is 2.92. The summed E-state index contributed by atoms with van der Waals surface area (Å²) in [5, 5.41) is 0.186. The quantitative estimate of drug-likeness (QED) is 0.219. The van der Waals surface area contributed by atoms with E-state index in [0.29, 0.717) is 30.0 Å². The molecule has 0 spiro atoms. The van der Waals surface area contributed by atoms with Crippen LogP contribution in [0.15, 0.2) is 59.3 Å². The van der Waals surface area contributed by atoms with Gasteiger partial charge in [-0.25, -0.2) is 23.1 Å². The Labute approximate surface area is 269 Å². The molecule has 0 bridgehead atoms. The van der Waals surface area contributed by atoms with E-state index in [1.807, 2.05) is 39.5 Å². The first-order valence-corrected chi connectivity index (χ1v) is 15.1. The van der Waals surface area contributed by atoms with Gasteiger partial charge in [-0.05, 0) is 69.0 Å². The summed E-state index contributed by atoms with van der Waals surface area (Å²) in [6, 6.07) is 6.66. The molecule has 0 N–H and O–H groups in total. The van der Waals surface area contributed by atoms with Crippen molar-refractivity contribution in [2.24, 2.45) is 0 Å². The molecule has 1 fully saturated rings. The number of aryl methyl sites for hydroxylation is 1. The molecule has 46 heavy (non-hydrogen) atoms. The summed E-state index contributed by atoms with van der Waals surface area (Å²) >= 11 is 0. The van der Waals surface area contributed by atoms with E-state index in [1.165, 1.54) is 28.8 Å². The molecule has 0 aliphatic carbocycles. The van der Waals surface area contributed by atoms with Gasteiger partial charge >= 0.3 is 5.69 Å². The Morgan fingerprint density at radius 3 is 2.37 bits per heavy atom. The van der Waals surface area contributed by atoms with Gasteiger partial charge in [-0.1, -0.05) is 38.1 Å². The van der Waals surface area contributed by atoms with Gasteiger partial charge in [-0.3, -0.25) is 9.78 Å². The molecule has 0 unspecified atom stereocenters. The van der Waals surface area contributed by atoms with Crippen molar-refractivity contribution in [1.82, 2.24) is 24.4 Å². The van der Waals surface area contributed by atoms with Gasteiger partial charge in [0, 0.05) is 36.9 Å². The first kappa shape index (κ1) is 32.8. The number of aromatic nitrogens is 4. The third-order valence-electron chi connectivity index (χ3n) is 8.46. The van der Waals surface area contributed by atoms with Gasteiger partial charge in [0.1, 0.15) is 17.3 Å². The number of amides is 1. The number of piperazine rings is 1. The average Bonchev–Trinajstić information content (AvgIpc) is 3.00. The molecular formula is C34H34B2F2N6O2. The molecule has 12 heteroatoms. The Morgan fingerprint density at radius 2 is 1.76 bits per heavy atom. The van der Waals surface area contributed by atoms with Crippen LogP contribution in [0.25, 0.3) is 33.6 Å². The number of carbonyl (C=O) groups is 1. The van der Waals surface area contributed by atoms with E-state index in [9.17, 15) is 9.59 Å². The minimum absolute atomic E-state index is 0.0546. The van der Waals surface area contributed by atoms with E-state index in [2.05, 4.69) is 16.5 Å². The van der Waals surface area contributed by atoms with E-state index in [1.54, 1.807) is 30.2 Å². The molecule has 1 aliphatic rings. The third kappa shape index (κ3) is 5.65. The van der Waals surface area contributed by atoms with E-state index >= 15 is 8.78 Å². The Bertz CT molecular complexity index is 1960. The van der Waals surface area contributed by atoms with Crippen molar-refractivity contribution in [3.05, 3.63) is 93.5 Å². The van der Waals surface area contributed by atoms with Gasteiger partial charge in [0.15, 0.2) is 11.5 Å². The number of anilines is 1. The van der Waals surface area contributed by atoms with Crippen molar-refractivity contribution >= 4 is 44.0 Å². The second-order valence-corrected chi connectivity index (χ2v) is 12.1. The Balaban J connectivity index is 1.89. The van der Waals surface area contributed by atoms with Crippen molar-refractivity contribution in [2.45, 2.75) is 59.5 Å². The lowest BCUT2D eigenvalue weighted by Crippen LogP contribution is -2.58. The van der Waals surface area contributed by atoms with Crippen molar-refractivity contribution in [3.63, 3.8) is 0 Å². The molecule has 0 saturated carbocycles. The number of fused-ring (bicyclic) bond motifs is 1. The SMILES string of the molecule is [B]C([B])=C(C)c1cccc(F)c1-c1nc2c(cc1F)c(N1[C@@H](C)CN(C(=O)C=C)C[C@@H]1C)nc(=O)n2-c1c(C)ccnc1C(C)C. The number of halogens is 2. The topological polar surface area (TPSA) is 84.2 Å². The lowest BCUT2D eigenvalue weighted by molar-refractivity contribution is -0.127. The fourth-order valence-corrected chi connectivity index (χ4v) is 6.25. The van der Waals surface area contributed by atoms with E-state index in [0.717, 1.165) is 5.56 Å². The van der Waals surface area contributed by atoms with Gasteiger partial charge in [-0.15, -0.1) is 0 Å². The lowest BCUT2D eigenvalue weighted by atomic mass is 9.73. The number of pyridine rings is 2. The Hall–Kier alpha value is -4.60. The molecule has 232 valence electrons. The number of allylic oxidation sites excluding steroid dienone is 1. The monoisotopic (exact) mass is 618 g/mol. The fraction of sp³-hybridized carbons (Fsp3) is 0.324. The molecule has 4 aromatic rings. The number of hydrogen-bond acceptors (Lipinski definition) is 6. The van der Waals surface area contributed by atoms with Crippen LogP contribution in [-0.4, -0.2) is 71.2 Å². The van der Waals surface area contributed by atoms with Crippen molar-refractivity contribution in [1.29, 1.82) is 0 Å². The van der Waals surface area contributed by atoms with Crippen LogP contribution in [0.1, 0.15) is 57.4 Å². The van der Waals surface area contributed by atoms with Crippen molar-refractivity contribution in [2.75, 3.05) is 18.0 Å². The van der Waals surface area contributed by atoms with Gasteiger partial charge in [0.25, 0.3) is 0 Å². The highest BCUT2D eigenvalue weighted by Gasteiger charge is 2.35. The molecule has 1 aromatic carbocycles. The van der Waals surface area contributed by atoms with Crippen LogP contribution in [0.2, 0.25) is 0 Å². The Kier molecular flexibility index (Phi) is 9.02. The maximum Gasteiger partial charge on any atom is 0.355 e. The first-order valence-electron chi connectivity index (χ1n) is 15.1. The summed E-state index contributed by atoms with van der Waals surface area (Å²) in [4.78, 5) is 44.0. The minimum atomic E-state index is -0.830. The van der Waals surface area contributed by atoms with Crippen molar-refractivity contribution in [3.8, 4) is 16.9 Å². The maximum atomic E-state index is 16.4. The number of rotatable bonds is 6. The number of benzene rings is 1. The fourth-order valence-electron chi connectivity index (χ4n) is 6.25. The minimum Gasteiger partial charge on any atom is -0.347 e. The molecule has 1 amide bonds. The molecule has 1 aliphatic heterocycles. The van der Waals surface area contributed by atoms with Gasteiger partial charge in [0.05, 0.1) is 32.5 Å². The number of hydrogen-bond donors (Lipinski definition) is 0. The van der Waals surface area contributed by atoms with Crippen LogP contribution in [-0.2, 0) is 4.79 Å². The molecule has 5 rings (SSSR count). The highest BCUT2D eigenvalue weighted by molar-refractivity contribution is 6.51. The molecular weight excluding hydrogens is 584 g/mol. The molecule has 3 aromatic heterocycles. The second kappa shape index (κ2) is 12.7. The van der Waals surface area contributed by atoms with Crippen LogP contribution in [0.4, 0.5) is 14.6 Å². The van der Waals surface area contributed by atoms with E-state index in [-0.39, 0.29) is 63.0 Å². The zero-order chi connectivity index (χ0) is 33.6.